The molecule has 1 spiro atoms. The van der Waals surface area contributed by atoms with Gasteiger partial charge in [-0.3, -0.25) is 4.79 Å². The first-order valence-corrected chi connectivity index (χ1v) is 17.6. The molecule has 2 aliphatic carbocycles. The Labute approximate surface area is 249 Å². The molecule has 0 aliphatic heterocycles. The van der Waals surface area contributed by atoms with E-state index < -0.39 is 8.32 Å². The van der Waals surface area contributed by atoms with Crippen molar-refractivity contribution < 1.29 is 9.22 Å². The highest BCUT2D eigenvalue weighted by molar-refractivity contribution is 6.74. The highest BCUT2D eigenvalue weighted by atomic mass is 35.5. The van der Waals surface area contributed by atoms with Crippen molar-refractivity contribution in [1.29, 1.82) is 0 Å². The lowest BCUT2D eigenvalue weighted by Gasteiger charge is -2.39. The van der Waals surface area contributed by atoms with Crippen molar-refractivity contribution in [2.75, 3.05) is 5.32 Å². The van der Waals surface area contributed by atoms with Crippen LogP contribution in [0.4, 0.5) is 5.69 Å². The first-order chi connectivity index (χ1) is 19.3. The van der Waals surface area contributed by atoms with Gasteiger partial charge in [-0.15, -0.1) is 9.90 Å². The van der Waals surface area contributed by atoms with E-state index in [0.29, 0.717) is 39.4 Å². The summed E-state index contributed by atoms with van der Waals surface area (Å²) in [5.74, 6) is -0.116. The molecule has 0 saturated heterocycles. The molecule has 4 heterocycles. The van der Waals surface area contributed by atoms with Crippen LogP contribution in [-0.4, -0.2) is 48.8 Å². The summed E-state index contributed by atoms with van der Waals surface area (Å²) in [6.45, 7) is 13.0. The van der Waals surface area contributed by atoms with Crippen LogP contribution in [0.1, 0.15) is 82.4 Å². The molecule has 1 N–H and O–H groups in total. The Kier molecular flexibility index (Phi) is 6.80. The van der Waals surface area contributed by atoms with Crippen LogP contribution in [0.5, 0.6) is 0 Å². The molecule has 4 aromatic rings. The van der Waals surface area contributed by atoms with Gasteiger partial charge in [0.15, 0.2) is 24.9 Å². The van der Waals surface area contributed by atoms with Gasteiger partial charge in [-0.05, 0) is 50.4 Å². The molecular weight excluding hydrogens is 579 g/mol. The van der Waals surface area contributed by atoms with Crippen LogP contribution in [0, 0.1) is 0 Å². The predicted molar refractivity (Wildman–Crippen MR) is 160 cm³/mol. The highest BCUT2D eigenvalue weighted by Crippen LogP contribution is 2.56. The van der Waals surface area contributed by atoms with Gasteiger partial charge in [0.1, 0.15) is 5.69 Å². The maximum Gasteiger partial charge on any atom is 0.232 e. The first-order valence-electron chi connectivity index (χ1n) is 13.9. The monoisotopic (exact) mass is 612 g/mol. The Hall–Kier alpha value is -2.86. The fraction of sp³-hybridized carbons (Fsp3) is 0.500. The summed E-state index contributed by atoms with van der Waals surface area (Å²) in [7, 11) is -1.98. The van der Waals surface area contributed by atoms with E-state index in [1.54, 1.807) is 30.7 Å². The van der Waals surface area contributed by atoms with Crippen LogP contribution in [0.3, 0.4) is 0 Å². The van der Waals surface area contributed by atoms with E-state index in [1.165, 1.54) is 4.80 Å². The Morgan fingerprint density at radius 2 is 1.90 bits per heavy atom. The largest absolute Gasteiger partial charge is 0.409 e. The van der Waals surface area contributed by atoms with Gasteiger partial charge < -0.3 is 9.74 Å². The van der Waals surface area contributed by atoms with Crippen LogP contribution in [0.25, 0.3) is 11.5 Å². The maximum absolute atomic E-state index is 13.6. The maximum atomic E-state index is 13.6. The summed E-state index contributed by atoms with van der Waals surface area (Å²) < 4.78 is 8.28. The third kappa shape index (κ3) is 4.86. The van der Waals surface area contributed by atoms with Gasteiger partial charge in [-0.25, -0.2) is 14.5 Å². The minimum atomic E-state index is -1.98. The second kappa shape index (κ2) is 9.86. The summed E-state index contributed by atoms with van der Waals surface area (Å²) in [6, 6.07) is 3.42. The number of aromatic nitrogens is 7. The molecule has 0 bridgehead atoms. The van der Waals surface area contributed by atoms with Gasteiger partial charge in [0.05, 0.1) is 40.8 Å². The standard InChI is InChI=1S/C28H34Cl2N8O2Si/c1-16(40-41(5,6)27(2,3)4)21-15-33-38(35-21)25-20(29)10-17(13-32-25)34-26(39)18-12-28(8-7-9-28)24-19(18)14-31-23-11-22(30)36-37(23)24/h10-11,13-16,18H,7-9,12H2,1-6H3,(H,34,39). The smallest absolute Gasteiger partial charge is 0.232 e. The number of anilines is 1. The number of carbonyl (C=O) groups excluding carboxylic acids is 1. The average Bonchev–Trinajstić information content (AvgIpc) is 3.57. The van der Waals surface area contributed by atoms with E-state index in [0.717, 1.165) is 30.5 Å². The van der Waals surface area contributed by atoms with Gasteiger partial charge >= 0.3 is 0 Å². The molecule has 41 heavy (non-hydrogen) atoms. The number of fused-ring (bicyclic) bond motifs is 4. The number of halogens is 2. The molecule has 1 fully saturated rings. The Morgan fingerprint density at radius 1 is 1.15 bits per heavy atom. The molecule has 2 unspecified atom stereocenters. The van der Waals surface area contributed by atoms with E-state index in [9.17, 15) is 4.79 Å². The van der Waals surface area contributed by atoms with Gasteiger partial charge in [0, 0.05) is 23.2 Å². The zero-order valence-electron chi connectivity index (χ0n) is 24.1. The average molecular weight is 614 g/mol. The summed E-state index contributed by atoms with van der Waals surface area (Å²) in [4.78, 5) is 24.0. The normalized spacial score (nSPS) is 18.9. The second-order valence-electron chi connectivity index (χ2n) is 12.8. The Morgan fingerprint density at radius 3 is 2.56 bits per heavy atom. The van der Waals surface area contributed by atoms with E-state index >= 15 is 0 Å². The number of nitrogens with zero attached hydrogens (tertiary/aromatic N) is 7. The number of carbonyl (C=O) groups is 1. The van der Waals surface area contributed by atoms with Gasteiger partial charge in [-0.2, -0.15) is 10.2 Å². The zero-order chi connectivity index (χ0) is 29.3. The Bertz CT molecular complexity index is 1660. The molecule has 10 nitrogen and oxygen atoms in total. The number of amides is 1. The topological polar surface area (TPSA) is 112 Å². The molecule has 216 valence electrons. The predicted octanol–water partition coefficient (Wildman–Crippen LogP) is 6.64. The summed E-state index contributed by atoms with van der Waals surface area (Å²) in [6.07, 6.45) is 8.69. The Balaban J connectivity index is 1.20. The van der Waals surface area contributed by atoms with Crippen molar-refractivity contribution in [1.82, 2.24) is 34.6 Å². The van der Waals surface area contributed by atoms with Crippen molar-refractivity contribution in [3.63, 3.8) is 0 Å². The molecule has 1 saturated carbocycles. The van der Waals surface area contributed by atoms with E-state index in [4.69, 9.17) is 27.6 Å². The fourth-order valence-electron chi connectivity index (χ4n) is 5.70. The van der Waals surface area contributed by atoms with Gasteiger partial charge in [0.25, 0.3) is 0 Å². The summed E-state index contributed by atoms with van der Waals surface area (Å²) >= 11 is 12.8. The van der Waals surface area contributed by atoms with Crippen LogP contribution in [-0.2, 0) is 14.6 Å². The number of nitrogens with one attached hydrogen (secondary N) is 1. The SMILES string of the molecule is CC(O[Si](C)(C)C(C)(C)C)c1cnn(-c2ncc(NC(=O)C3CC4(CCC4)c4c3cnc3cc(Cl)nn43)cc2Cl)n1. The van der Waals surface area contributed by atoms with Crippen molar-refractivity contribution in [2.24, 2.45) is 0 Å². The fourth-order valence-corrected chi connectivity index (χ4v) is 7.47. The van der Waals surface area contributed by atoms with Crippen molar-refractivity contribution >= 4 is 48.8 Å². The molecule has 2 atom stereocenters. The molecule has 6 rings (SSSR count). The minimum absolute atomic E-state index is 0.0804. The van der Waals surface area contributed by atoms with Crippen molar-refractivity contribution in [2.45, 2.75) is 88.9 Å². The number of pyridine rings is 1. The van der Waals surface area contributed by atoms with Gasteiger partial charge in [0.2, 0.25) is 5.91 Å². The quantitative estimate of drug-likeness (QED) is 0.243. The molecule has 0 radical (unpaired) electrons. The lowest BCUT2D eigenvalue weighted by atomic mass is 9.66. The minimum Gasteiger partial charge on any atom is -0.409 e. The molecular formula is C28H34Cl2N8O2Si. The van der Waals surface area contributed by atoms with Crippen LogP contribution < -0.4 is 5.32 Å². The van der Waals surface area contributed by atoms with E-state index in [-0.39, 0.29) is 28.4 Å². The second-order valence-corrected chi connectivity index (χ2v) is 18.3. The van der Waals surface area contributed by atoms with Crippen LogP contribution in [0.15, 0.2) is 30.7 Å². The molecule has 13 heteroatoms. The van der Waals surface area contributed by atoms with Crippen LogP contribution >= 0.6 is 23.2 Å². The van der Waals surface area contributed by atoms with Gasteiger partial charge in [-0.1, -0.05) is 50.4 Å². The lowest BCUT2D eigenvalue weighted by Crippen LogP contribution is -2.41. The highest BCUT2D eigenvalue weighted by Gasteiger charge is 2.52. The molecule has 4 aromatic heterocycles. The van der Waals surface area contributed by atoms with E-state index in [1.807, 2.05) is 11.4 Å². The van der Waals surface area contributed by atoms with Crippen LogP contribution in [0.2, 0.25) is 28.3 Å². The summed E-state index contributed by atoms with van der Waals surface area (Å²) in [5.41, 5.74) is 3.77. The first kappa shape index (κ1) is 28.3. The third-order valence-electron chi connectivity index (χ3n) is 9.06. The van der Waals surface area contributed by atoms with E-state index in [2.05, 4.69) is 64.4 Å². The third-order valence-corrected chi connectivity index (χ3v) is 14.1. The number of hydrogen-bond donors (Lipinski definition) is 1. The zero-order valence-corrected chi connectivity index (χ0v) is 26.6. The molecule has 2 aliphatic rings. The number of rotatable bonds is 6. The number of hydrogen-bond acceptors (Lipinski definition) is 7. The van der Waals surface area contributed by atoms with Crippen molar-refractivity contribution in [3.05, 3.63) is 57.9 Å². The lowest BCUT2D eigenvalue weighted by molar-refractivity contribution is -0.117. The molecule has 1 amide bonds. The van der Waals surface area contributed by atoms with Crippen molar-refractivity contribution in [3.8, 4) is 5.82 Å². The summed E-state index contributed by atoms with van der Waals surface area (Å²) in [5, 5.41) is 17.2. The molecule has 0 aromatic carbocycles.